The number of benzene rings is 2. The number of carbonyl (C=O) groups excluding carboxylic acids is 1. The quantitative estimate of drug-likeness (QED) is 0.362. The van der Waals surface area contributed by atoms with Gasteiger partial charge < -0.3 is 18.3 Å². The molecule has 1 aliphatic rings. The second kappa shape index (κ2) is 10.2. The van der Waals surface area contributed by atoms with Crippen molar-refractivity contribution in [3.63, 3.8) is 0 Å². The zero-order valence-corrected chi connectivity index (χ0v) is 21.2. The average molecular weight is 527 g/mol. The molecule has 1 saturated heterocycles. The van der Waals surface area contributed by atoms with Gasteiger partial charge >= 0.3 is 6.01 Å². The molecule has 0 aliphatic carbocycles. The number of piperidine rings is 1. The molecule has 5 rings (SSSR count). The minimum atomic E-state index is -3.65. The summed E-state index contributed by atoms with van der Waals surface area (Å²) in [7, 11) is -2.13. The van der Waals surface area contributed by atoms with Gasteiger partial charge in [-0.1, -0.05) is 17.2 Å². The number of rotatable bonds is 8. The molecule has 1 N–H and O–H groups in total. The minimum absolute atomic E-state index is 0.0567. The third kappa shape index (κ3) is 5.02. The van der Waals surface area contributed by atoms with E-state index in [1.807, 2.05) is 25.1 Å². The molecule has 0 bridgehead atoms. The zero-order valence-electron chi connectivity index (χ0n) is 20.3. The van der Waals surface area contributed by atoms with Gasteiger partial charge in [-0.25, -0.2) is 8.42 Å². The Morgan fingerprint density at radius 3 is 2.57 bits per heavy atom. The fraction of sp³-hybridized carbons (Fsp3) is 0.320. The van der Waals surface area contributed by atoms with E-state index < -0.39 is 15.9 Å². The lowest BCUT2D eigenvalue weighted by molar-refractivity contribution is -0.121. The number of nitrogens with zero attached hydrogens (tertiary/aromatic N) is 3. The van der Waals surface area contributed by atoms with Gasteiger partial charge in [0.15, 0.2) is 17.1 Å². The number of fused-ring (bicyclic) bond motifs is 1. The van der Waals surface area contributed by atoms with Crippen molar-refractivity contribution in [3.8, 4) is 23.1 Å². The van der Waals surface area contributed by atoms with Crippen LogP contribution in [0.3, 0.4) is 0 Å². The maximum absolute atomic E-state index is 12.9. The summed E-state index contributed by atoms with van der Waals surface area (Å²) in [4.78, 5) is 13.0. The molecule has 0 spiro atoms. The van der Waals surface area contributed by atoms with Gasteiger partial charge in [0, 0.05) is 24.4 Å². The predicted molar refractivity (Wildman–Crippen MR) is 134 cm³/mol. The predicted octanol–water partition coefficient (Wildman–Crippen LogP) is 3.93. The molecule has 3 heterocycles. The maximum Gasteiger partial charge on any atom is 0.322 e. The first-order valence-corrected chi connectivity index (χ1v) is 13.3. The lowest BCUT2D eigenvalue weighted by Gasteiger charge is -2.30. The van der Waals surface area contributed by atoms with Gasteiger partial charge in [0.05, 0.1) is 18.6 Å². The standard InChI is InChI=1S/C25H26N4O7S/c1-3-34-20-6-4-5-17-15-21(35-22(17)20)24-27-28-25(36-24)26-23(30)16-11-13-29(14-12-16)37(31,32)19-9-7-18(33-2)8-10-19/h4-10,15-16H,3,11-14H2,1-2H3,(H,26,28,30). The molecule has 4 aromatic rings. The van der Waals surface area contributed by atoms with Crippen LogP contribution in [-0.2, 0) is 14.8 Å². The number of sulfonamides is 1. The molecule has 37 heavy (non-hydrogen) atoms. The molecule has 0 radical (unpaired) electrons. The van der Waals surface area contributed by atoms with Crippen LogP contribution in [0.5, 0.6) is 11.5 Å². The van der Waals surface area contributed by atoms with Crippen molar-refractivity contribution in [2.45, 2.75) is 24.7 Å². The van der Waals surface area contributed by atoms with Crippen LogP contribution in [0.1, 0.15) is 19.8 Å². The van der Waals surface area contributed by atoms with E-state index in [0.717, 1.165) is 5.39 Å². The second-order valence-electron chi connectivity index (χ2n) is 8.47. The van der Waals surface area contributed by atoms with E-state index >= 15 is 0 Å². The van der Waals surface area contributed by atoms with Crippen LogP contribution in [0, 0.1) is 5.92 Å². The first-order chi connectivity index (χ1) is 17.9. The molecule has 1 aliphatic heterocycles. The van der Waals surface area contributed by atoms with Gasteiger partial charge in [0.25, 0.3) is 5.89 Å². The highest BCUT2D eigenvalue weighted by Gasteiger charge is 2.32. The number of methoxy groups -OCH3 is 1. The van der Waals surface area contributed by atoms with Gasteiger partial charge in [-0.3, -0.25) is 10.1 Å². The van der Waals surface area contributed by atoms with Crippen LogP contribution in [0.4, 0.5) is 6.01 Å². The van der Waals surface area contributed by atoms with Crippen molar-refractivity contribution in [1.29, 1.82) is 0 Å². The van der Waals surface area contributed by atoms with E-state index in [2.05, 4.69) is 15.5 Å². The smallest absolute Gasteiger partial charge is 0.322 e. The largest absolute Gasteiger partial charge is 0.497 e. The van der Waals surface area contributed by atoms with E-state index in [1.165, 1.54) is 23.5 Å². The number of furan rings is 1. The number of ether oxygens (including phenoxy) is 2. The molecule has 11 nitrogen and oxygen atoms in total. The van der Waals surface area contributed by atoms with E-state index in [0.29, 0.717) is 42.3 Å². The number of amides is 1. The highest BCUT2D eigenvalue weighted by molar-refractivity contribution is 7.89. The van der Waals surface area contributed by atoms with Crippen LogP contribution in [0.25, 0.3) is 22.6 Å². The number of para-hydroxylation sites is 1. The Balaban J connectivity index is 1.21. The molecular formula is C25H26N4O7S. The molecule has 1 amide bonds. The average Bonchev–Trinajstić information content (AvgIpc) is 3.56. The monoisotopic (exact) mass is 526 g/mol. The highest BCUT2D eigenvalue weighted by Crippen LogP contribution is 2.33. The Morgan fingerprint density at radius 2 is 1.86 bits per heavy atom. The summed E-state index contributed by atoms with van der Waals surface area (Å²) in [6, 6.07) is 13.5. The zero-order chi connectivity index (χ0) is 26.0. The summed E-state index contributed by atoms with van der Waals surface area (Å²) in [6.07, 6.45) is 0.734. The summed E-state index contributed by atoms with van der Waals surface area (Å²) in [5.74, 6) is 0.966. The summed E-state index contributed by atoms with van der Waals surface area (Å²) < 4.78 is 49.4. The van der Waals surface area contributed by atoms with E-state index in [4.69, 9.17) is 18.3 Å². The fourth-order valence-electron chi connectivity index (χ4n) is 4.25. The molecule has 0 unspecified atom stereocenters. The lowest BCUT2D eigenvalue weighted by Crippen LogP contribution is -2.41. The molecule has 0 atom stereocenters. The number of aromatic nitrogens is 2. The van der Waals surface area contributed by atoms with Crippen molar-refractivity contribution < 1.29 is 31.5 Å². The van der Waals surface area contributed by atoms with Gasteiger partial charge in [0.1, 0.15) is 5.75 Å². The molecule has 1 fully saturated rings. The Labute approximate surface area is 213 Å². The Bertz CT molecular complexity index is 1500. The first kappa shape index (κ1) is 24.8. The minimum Gasteiger partial charge on any atom is -0.497 e. The fourth-order valence-corrected chi connectivity index (χ4v) is 5.72. The van der Waals surface area contributed by atoms with Crippen LogP contribution in [0.2, 0.25) is 0 Å². The van der Waals surface area contributed by atoms with Crippen LogP contribution >= 0.6 is 0 Å². The number of hydrogen-bond donors (Lipinski definition) is 1. The molecule has 12 heteroatoms. The van der Waals surface area contributed by atoms with Gasteiger partial charge in [-0.2, -0.15) is 4.31 Å². The number of hydrogen-bond acceptors (Lipinski definition) is 9. The van der Waals surface area contributed by atoms with Crippen molar-refractivity contribution in [1.82, 2.24) is 14.5 Å². The summed E-state index contributed by atoms with van der Waals surface area (Å²) in [5, 5.41) is 11.3. The van der Waals surface area contributed by atoms with E-state index in [1.54, 1.807) is 18.2 Å². The molecule has 2 aromatic carbocycles. The lowest BCUT2D eigenvalue weighted by atomic mass is 9.97. The molecule has 194 valence electrons. The summed E-state index contributed by atoms with van der Waals surface area (Å²) in [6.45, 7) is 2.84. The van der Waals surface area contributed by atoms with Crippen molar-refractivity contribution in [2.75, 3.05) is 32.1 Å². The second-order valence-corrected chi connectivity index (χ2v) is 10.4. The number of anilines is 1. The van der Waals surface area contributed by atoms with Gasteiger partial charge in [-0.15, -0.1) is 5.10 Å². The van der Waals surface area contributed by atoms with E-state index in [-0.39, 0.29) is 35.8 Å². The van der Waals surface area contributed by atoms with Gasteiger partial charge in [0.2, 0.25) is 15.9 Å². The Hall–Kier alpha value is -3.90. The molecular weight excluding hydrogens is 500 g/mol. The Kier molecular flexibility index (Phi) is 6.85. The third-order valence-corrected chi connectivity index (χ3v) is 8.11. The number of carbonyl (C=O) groups is 1. The van der Waals surface area contributed by atoms with Gasteiger partial charge in [-0.05, 0) is 56.2 Å². The Morgan fingerprint density at radius 1 is 1.11 bits per heavy atom. The summed E-state index contributed by atoms with van der Waals surface area (Å²) >= 11 is 0. The van der Waals surface area contributed by atoms with Crippen molar-refractivity contribution >= 4 is 32.9 Å². The maximum atomic E-state index is 12.9. The summed E-state index contributed by atoms with van der Waals surface area (Å²) in [5.41, 5.74) is 0.569. The molecule has 0 saturated carbocycles. The third-order valence-electron chi connectivity index (χ3n) is 6.20. The van der Waals surface area contributed by atoms with Crippen LogP contribution in [-0.4, -0.2) is 55.6 Å². The van der Waals surface area contributed by atoms with Crippen molar-refractivity contribution in [3.05, 3.63) is 48.5 Å². The van der Waals surface area contributed by atoms with E-state index in [9.17, 15) is 13.2 Å². The highest BCUT2D eigenvalue weighted by atomic mass is 32.2. The normalized spacial score (nSPS) is 15.1. The molecule has 2 aromatic heterocycles. The topological polar surface area (TPSA) is 137 Å². The first-order valence-electron chi connectivity index (χ1n) is 11.8. The van der Waals surface area contributed by atoms with Crippen LogP contribution in [0.15, 0.2) is 62.3 Å². The SMILES string of the molecule is CCOc1cccc2cc(-c3nnc(NC(=O)C4CCN(S(=O)(=O)c5ccc(OC)cc5)CC4)o3)oc12. The van der Waals surface area contributed by atoms with Crippen molar-refractivity contribution in [2.24, 2.45) is 5.92 Å². The van der Waals surface area contributed by atoms with Crippen LogP contribution < -0.4 is 14.8 Å². The number of nitrogens with one attached hydrogen (secondary N) is 1.